The Morgan fingerprint density at radius 1 is 1.35 bits per heavy atom. The van der Waals surface area contributed by atoms with E-state index in [0.29, 0.717) is 19.6 Å². The lowest BCUT2D eigenvalue weighted by atomic mass is 10.3. The van der Waals surface area contributed by atoms with Crippen molar-refractivity contribution in [2.24, 2.45) is 0 Å². The topological polar surface area (TPSA) is 103 Å². The number of rotatable bonds is 9. The number of nitrogens with two attached hydrogens (primary N) is 1. The lowest BCUT2D eigenvalue weighted by molar-refractivity contribution is -0.107. The largest absolute Gasteiger partial charge is 0.369 e. The van der Waals surface area contributed by atoms with E-state index in [-0.39, 0.29) is 30.9 Å². The molecule has 128 valence electrons. The molecule has 2 N–H and O–H groups in total. The van der Waals surface area contributed by atoms with Gasteiger partial charge in [0, 0.05) is 6.61 Å². The van der Waals surface area contributed by atoms with Gasteiger partial charge >= 0.3 is 0 Å². The molecule has 0 spiro atoms. The zero-order chi connectivity index (χ0) is 16.8. The lowest BCUT2D eigenvalue weighted by Crippen LogP contribution is -2.32. The van der Waals surface area contributed by atoms with E-state index in [0.717, 1.165) is 19.3 Å². The molecule has 0 aromatic carbocycles. The molecule has 0 saturated heterocycles. The van der Waals surface area contributed by atoms with Crippen molar-refractivity contribution in [1.29, 1.82) is 0 Å². The Morgan fingerprint density at radius 3 is 2.78 bits per heavy atom. The molecule has 0 saturated carbocycles. The highest BCUT2D eigenvalue weighted by molar-refractivity contribution is 5.85. The second-order valence-corrected chi connectivity index (χ2v) is 5.13. The summed E-state index contributed by atoms with van der Waals surface area (Å²) in [6, 6.07) is 0. The van der Waals surface area contributed by atoms with E-state index >= 15 is 0 Å². The molecule has 9 nitrogen and oxygen atoms in total. The molecule has 9 heteroatoms. The number of aromatic nitrogens is 2. The number of ether oxygens (including phenoxy) is 1. The number of nitrogen functional groups attached to an aromatic ring is 1. The molecule has 1 aromatic rings. The zero-order valence-corrected chi connectivity index (χ0v) is 13.5. The molecule has 1 aromatic heterocycles. The summed E-state index contributed by atoms with van der Waals surface area (Å²) in [5.41, 5.74) is 5.58. The normalized spacial score (nSPS) is 13.5. The van der Waals surface area contributed by atoms with Crippen LogP contribution in [-0.4, -0.2) is 35.8 Å². The van der Waals surface area contributed by atoms with Crippen molar-refractivity contribution in [3.05, 3.63) is 10.4 Å². The van der Waals surface area contributed by atoms with Crippen LogP contribution in [0.1, 0.15) is 33.1 Å². The van der Waals surface area contributed by atoms with Gasteiger partial charge in [-0.2, -0.15) is 4.98 Å². The minimum Gasteiger partial charge on any atom is -0.369 e. The number of hydrogen-bond donors (Lipinski definition) is 1. The Labute approximate surface area is 134 Å². The minimum atomic E-state index is -0.423. The van der Waals surface area contributed by atoms with Gasteiger partial charge in [-0.15, -0.1) is 0 Å². The van der Waals surface area contributed by atoms with Crippen LogP contribution in [0.15, 0.2) is 4.79 Å². The third-order valence-electron chi connectivity index (χ3n) is 3.51. The number of carbonyl (C=O) groups is 1. The number of anilines is 3. The number of hydrogen-bond acceptors (Lipinski definition) is 7. The van der Waals surface area contributed by atoms with Crippen LogP contribution >= 0.6 is 0 Å². The minimum absolute atomic E-state index is 0.00843. The summed E-state index contributed by atoms with van der Waals surface area (Å²) in [5, 5.41) is 1.43. The van der Waals surface area contributed by atoms with Gasteiger partial charge in [-0.1, -0.05) is 19.8 Å². The molecule has 1 aliphatic rings. The number of hydroxylamine groups is 1. The molecule has 23 heavy (non-hydrogen) atoms. The van der Waals surface area contributed by atoms with E-state index in [1.165, 1.54) is 14.5 Å². The van der Waals surface area contributed by atoms with Crippen molar-refractivity contribution in [2.45, 2.75) is 39.8 Å². The fraction of sp³-hybridized carbons (Fsp3) is 0.643. The molecule has 0 radical (unpaired) electrons. The third-order valence-corrected chi connectivity index (χ3v) is 3.51. The van der Waals surface area contributed by atoms with Crippen molar-refractivity contribution >= 4 is 23.9 Å². The number of nitrogens with zero attached hydrogens (tertiary/aromatic N) is 4. The van der Waals surface area contributed by atoms with Crippen LogP contribution in [0.3, 0.4) is 0 Å². The van der Waals surface area contributed by atoms with Crippen molar-refractivity contribution < 1.29 is 14.4 Å². The van der Waals surface area contributed by atoms with Crippen molar-refractivity contribution in [1.82, 2.24) is 9.55 Å². The predicted octanol–water partition coefficient (Wildman–Crippen LogP) is 0.682. The number of amides is 1. The van der Waals surface area contributed by atoms with Gasteiger partial charge in [-0.25, -0.2) is 5.06 Å². The summed E-state index contributed by atoms with van der Waals surface area (Å²) in [7, 11) is 0. The number of unbranched alkanes of at least 4 members (excludes halogenated alkanes) is 2. The van der Waals surface area contributed by atoms with Gasteiger partial charge in [0.1, 0.15) is 13.4 Å². The maximum Gasteiger partial charge on any atom is 0.283 e. The fourth-order valence-electron chi connectivity index (χ4n) is 2.27. The summed E-state index contributed by atoms with van der Waals surface area (Å²) in [4.78, 5) is 34.9. The van der Waals surface area contributed by atoms with Crippen molar-refractivity contribution in [2.75, 3.05) is 35.6 Å². The summed E-state index contributed by atoms with van der Waals surface area (Å²) < 4.78 is 6.41. The van der Waals surface area contributed by atoms with E-state index in [1.807, 2.05) is 6.92 Å². The van der Waals surface area contributed by atoms with Gasteiger partial charge in [0.2, 0.25) is 12.4 Å². The monoisotopic (exact) mass is 325 g/mol. The predicted molar refractivity (Wildman–Crippen MR) is 85.9 cm³/mol. The maximum absolute atomic E-state index is 12.6. The smallest absolute Gasteiger partial charge is 0.283 e. The van der Waals surface area contributed by atoms with Gasteiger partial charge < -0.3 is 10.5 Å². The molecule has 0 unspecified atom stereocenters. The van der Waals surface area contributed by atoms with E-state index < -0.39 is 5.56 Å². The standard InChI is InChI=1S/C14H23N5O4/c1-3-5-6-7-23-19-8-17(9-20)11-12(19)16-14(15)18(13(11)21)10-22-4-2/h9H,3-8,10H2,1-2H3,(H2,15,16). The van der Waals surface area contributed by atoms with Gasteiger partial charge in [0.05, 0.1) is 6.61 Å². The SMILES string of the molecule is CCCCCON1CN(C=O)c2c1nc(N)n(COCC)c2=O. The first kappa shape index (κ1) is 17.2. The summed E-state index contributed by atoms with van der Waals surface area (Å²) in [6.45, 7) is 4.95. The Kier molecular flexibility index (Phi) is 5.94. The Balaban J connectivity index is 2.27. The maximum atomic E-state index is 12.6. The second-order valence-electron chi connectivity index (χ2n) is 5.13. The van der Waals surface area contributed by atoms with E-state index in [1.54, 1.807) is 0 Å². The first-order valence-corrected chi connectivity index (χ1v) is 7.74. The quantitative estimate of drug-likeness (QED) is 0.526. The van der Waals surface area contributed by atoms with Gasteiger partial charge in [0.15, 0.2) is 11.5 Å². The first-order chi connectivity index (χ1) is 11.1. The molecule has 0 aliphatic carbocycles. The summed E-state index contributed by atoms with van der Waals surface area (Å²) in [5.74, 6) is 0.293. The van der Waals surface area contributed by atoms with Crippen LogP contribution in [0.4, 0.5) is 17.5 Å². The highest BCUT2D eigenvalue weighted by Gasteiger charge is 2.33. The molecule has 0 fully saturated rings. The molecule has 2 rings (SSSR count). The zero-order valence-electron chi connectivity index (χ0n) is 13.5. The average Bonchev–Trinajstić information content (AvgIpc) is 2.89. The van der Waals surface area contributed by atoms with E-state index in [2.05, 4.69) is 11.9 Å². The Morgan fingerprint density at radius 2 is 2.13 bits per heavy atom. The molecule has 0 atom stereocenters. The van der Waals surface area contributed by atoms with Crippen LogP contribution in [0.25, 0.3) is 0 Å². The molecule has 1 aliphatic heterocycles. The average molecular weight is 325 g/mol. The second kappa shape index (κ2) is 7.93. The van der Waals surface area contributed by atoms with Crippen LogP contribution < -0.4 is 21.3 Å². The Hall–Kier alpha value is -2.13. The first-order valence-electron chi connectivity index (χ1n) is 7.74. The van der Waals surface area contributed by atoms with Crippen LogP contribution in [0.5, 0.6) is 0 Å². The molecule has 0 bridgehead atoms. The van der Waals surface area contributed by atoms with Crippen LogP contribution in [0, 0.1) is 0 Å². The summed E-state index contributed by atoms with van der Waals surface area (Å²) >= 11 is 0. The van der Waals surface area contributed by atoms with Gasteiger partial charge in [-0.3, -0.25) is 23.9 Å². The van der Waals surface area contributed by atoms with Gasteiger partial charge in [0.25, 0.3) is 5.56 Å². The third kappa shape index (κ3) is 3.62. The molecular formula is C14H23N5O4. The van der Waals surface area contributed by atoms with Crippen molar-refractivity contribution in [3.8, 4) is 0 Å². The van der Waals surface area contributed by atoms with Crippen LogP contribution in [0.2, 0.25) is 0 Å². The van der Waals surface area contributed by atoms with E-state index in [9.17, 15) is 9.59 Å². The highest BCUT2D eigenvalue weighted by Crippen LogP contribution is 2.30. The molecular weight excluding hydrogens is 302 g/mol. The molecule has 2 heterocycles. The van der Waals surface area contributed by atoms with Gasteiger partial charge in [-0.05, 0) is 13.3 Å². The number of carbonyl (C=O) groups excluding carboxylic acids is 1. The van der Waals surface area contributed by atoms with Crippen LogP contribution in [-0.2, 0) is 21.1 Å². The lowest BCUT2D eigenvalue weighted by Gasteiger charge is -2.17. The van der Waals surface area contributed by atoms with E-state index in [4.69, 9.17) is 15.3 Å². The summed E-state index contributed by atoms with van der Waals surface area (Å²) in [6.07, 6.45) is 3.59. The molecule has 1 amide bonds. The van der Waals surface area contributed by atoms with Crippen molar-refractivity contribution in [3.63, 3.8) is 0 Å². The Bertz CT molecular complexity index is 604. The fourth-order valence-corrected chi connectivity index (χ4v) is 2.27. The number of fused-ring (bicyclic) bond motifs is 1. The highest BCUT2D eigenvalue weighted by atomic mass is 16.7.